The minimum Gasteiger partial charge on any atom is -0.497 e. The molecule has 2 nitrogen and oxygen atoms in total. The van der Waals surface area contributed by atoms with Crippen LogP contribution in [-0.4, -0.2) is 13.2 Å². The van der Waals surface area contributed by atoms with E-state index < -0.39 is 0 Å². The van der Waals surface area contributed by atoms with Gasteiger partial charge in [-0.25, -0.2) is 0 Å². The summed E-state index contributed by atoms with van der Waals surface area (Å²) in [6.07, 6.45) is 3.97. The molecular weight excluding hydrogens is 200 g/mol. The number of unbranched alkanes of at least 4 members (excludes halogenated alkanes) is 1. The van der Waals surface area contributed by atoms with Crippen molar-refractivity contribution in [3.63, 3.8) is 0 Å². The third kappa shape index (κ3) is 4.67. The van der Waals surface area contributed by atoms with E-state index in [9.17, 15) is 0 Å². The summed E-state index contributed by atoms with van der Waals surface area (Å²) in [5, 5.41) is 0. The van der Waals surface area contributed by atoms with E-state index in [1.54, 1.807) is 7.11 Å². The number of methoxy groups -OCH3 is 1. The van der Waals surface area contributed by atoms with E-state index in [2.05, 4.69) is 13.8 Å². The van der Waals surface area contributed by atoms with Gasteiger partial charge in [-0.1, -0.05) is 31.9 Å². The van der Waals surface area contributed by atoms with Gasteiger partial charge in [0.1, 0.15) is 5.75 Å². The molecule has 0 spiro atoms. The minimum atomic E-state index is 0.349. The first kappa shape index (κ1) is 13.0. The Hall–Kier alpha value is -1.02. The molecule has 0 aliphatic rings. The quantitative estimate of drug-likeness (QED) is 0.698. The Labute approximate surface area is 98.6 Å². The zero-order chi connectivity index (χ0) is 11.8. The zero-order valence-electron chi connectivity index (χ0n) is 10.5. The fraction of sp³-hybridized carbons (Fsp3) is 0.571. The standard InChI is InChI=1S/C14H22O2/c1-4-5-6-12(2)16-11-13-7-9-14(15-3)10-8-13/h7-10,12H,4-6,11H2,1-3H3. The van der Waals surface area contributed by atoms with Crippen LogP contribution >= 0.6 is 0 Å². The Morgan fingerprint density at radius 3 is 2.44 bits per heavy atom. The molecule has 1 aromatic carbocycles. The number of rotatable bonds is 7. The van der Waals surface area contributed by atoms with Crippen LogP contribution in [0.3, 0.4) is 0 Å². The number of hydrogen-bond donors (Lipinski definition) is 0. The number of benzene rings is 1. The lowest BCUT2D eigenvalue weighted by Gasteiger charge is -2.12. The predicted molar refractivity (Wildman–Crippen MR) is 66.8 cm³/mol. The second-order valence-electron chi connectivity index (χ2n) is 4.11. The molecule has 16 heavy (non-hydrogen) atoms. The fourth-order valence-electron chi connectivity index (χ4n) is 1.54. The van der Waals surface area contributed by atoms with Gasteiger partial charge >= 0.3 is 0 Å². The second-order valence-corrected chi connectivity index (χ2v) is 4.11. The highest BCUT2D eigenvalue weighted by Crippen LogP contribution is 2.13. The van der Waals surface area contributed by atoms with Crippen molar-refractivity contribution in [2.45, 2.75) is 45.8 Å². The summed E-state index contributed by atoms with van der Waals surface area (Å²) in [4.78, 5) is 0. The molecule has 0 saturated carbocycles. The molecule has 0 aliphatic heterocycles. The predicted octanol–water partition coefficient (Wildman–Crippen LogP) is 3.79. The zero-order valence-corrected chi connectivity index (χ0v) is 10.5. The van der Waals surface area contributed by atoms with Crippen LogP contribution in [0.25, 0.3) is 0 Å². The van der Waals surface area contributed by atoms with Crippen molar-refractivity contribution in [3.05, 3.63) is 29.8 Å². The van der Waals surface area contributed by atoms with E-state index >= 15 is 0 Å². The van der Waals surface area contributed by atoms with Gasteiger partial charge in [-0.05, 0) is 31.0 Å². The summed E-state index contributed by atoms with van der Waals surface area (Å²) in [6, 6.07) is 8.03. The van der Waals surface area contributed by atoms with Crippen LogP contribution in [-0.2, 0) is 11.3 Å². The summed E-state index contributed by atoms with van der Waals surface area (Å²) >= 11 is 0. The molecule has 0 amide bonds. The van der Waals surface area contributed by atoms with Crippen molar-refractivity contribution < 1.29 is 9.47 Å². The summed E-state index contributed by atoms with van der Waals surface area (Å²) in [7, 11) is 1.68. The molecule has 0 heterocycles. The highest BCUT2D eigenvalue weighted by atomic mass is 16.5. The maximum absolute atomic E-state index is 5.76. The third-order valence-electron chi connectivity index (χ3n) is 2.66. The van der Waals surface area contributed by atoms with Gasteiger partial charge < -0.3 is 9.47 Å². The first-order chi connectivity index (χ1) is 7.76. The largest absolute Gasteiger partial charge is 0.497 e. The van der Waals surface area contributed by atoms with E-state index in [0.29, 0.717) is 12.7 Å². The lowest BCUT2D eigenvalue weighted by molar-refractivity contribution is 0.0462. The lowest BCUT2D eigenvalue weighted by atomic mass is 10.2. The molecule has 1 rings (SSSR count). The van der Waals surface area contributed by atoms with Gasteiger partial charge in [-0.15, -0.1) is 0 Å². The number of ether oxygens (including phenoxy) is 2. The number of hydrogen-bond acceptors (Lipinski definition) is 2. The average molecular weight is 222 g/mol. The summed E-state index contributed by atoms with van der Waals surface area (Å²) < 4.78 is 10.9. The Balaban J connectivity index is 2.30. The SMILES string of the molecule is CCCCC(C)OCc1ccc(OC)cc1. The van der Waals surface area contributed by atoms with E-state index in [1.165, 1.54) is 18.4 Å². The molecule has 1 atom stereocenters. The topological polar surface area (TPSA) is 18.5 Å². The molecule has 0 aliphatic carbocycles. The van der Waals surface area contributed by atoms with Crippen LogP contribution in [0.5, 0.6) is 5.75 Å². The van der Waals surface area contributed by atoms with Gasteiger partial charge in [0.15, 0.2) is 0 Å². The third-order valence-corrected chi connectivity index (χ3v) is 2.66. The first-order valence-electron chi connectivity index (χ1n) is 6.00. The van der Waals surface area contributed by atoms with Crippen molar-refractivity contribution in [2.75, 3.05) is 7.11 Å². The smallest absolute Gasteiger partial charge is 0.118 e. The summed E-state index contributed by atoms with van der Waals surface area (Å²) in [6.45, 7) is 5.03. The van der Waals surface area contributed by atoms with Gasteiger partial charge in [0.25, 0.3) is 0 Å². The summed E-state index contributed by atoms with van der Waals surface area (Å²) in [5.41, 5.74) is 1.20. The molecule has 90 valence electrons. The van der Waals surface area contributed by atoms with Crippen molar-refractivity contribution in [2.24, 2.45) is 0 Å². The minimum absolute atomic E-state index is 0.349. The molecule has 0 bridgehead atoms. The van der Waals surface area contributed by atoms with E-state index in [0.717, 1.165) is 12.2 Å². The highest BCUT2D eigenvalue weighted by molar-refractivity contribution is 5.26. The summed E-state index contributed by atoms with van der Waals surface area (Å²) in [5.74, 6) is 0.891. The Morgan fingerprint density at radius 2 is 1.88 bits per heavy atom. The van der Waals surface area contributed by atoms with Crippen LogP contribution in [0, 0.1) is 0 Å². The molecule has 0 fully saturated rings. The monoisotopic (exact) mass is 222 g/mol. The molecular formula is C14H22O2. The molecule has 2 heteroatoms. The van der Waals surface area contributed by atoms with Gasteiger partial charge in [0.2, 0.25) is 0 Å². The van der Waals surface area contributed by atoms with Gasteiger partial charge in [-0.3, -0.25) is 0 Å². The van der Waals surface area contributed by atoms with E-state index in [-0.39, 0.29) is 0 Å². The van der Waals surface area contributed by atoms with Crippen LogP contribution in [0.1, 0.15) is 38.7 Å². The normalized spacial score (nSPS) is 12.4. The molecule has 0 aromatic heterocycles. The van der Waals surface area contributed by atoms with Crippen molar-refractivity contribution >= 4 is 0 Å². The Morgan fingerprint density at radius 1 is 1.19 bits per heavy atom. The maximum atomic E-state index is 5.76. The molecule has 0 saturated heterocycles. The molecule has 1 aromatic rings. The Bertz CT molecular complexity index is 279. The van der Waals surface area contributed by atoms with Crippen molar-refractivity contribution in [1.82, 2.24) is 0 Å². The lowest BCUT2D eigenvalue weighted by Crippen LogP contribution is -2.07. The highest BCUT2D eigenvalue weighted by Gasteiger charge is 2.02. The van der Waals surface area contributed by atoms with E-state index in [4.69, 9.17) is 9.47 Å². The maximum Gasteiger partial charge on any atom is 0.118 e. The van der Waals surface area contributed by atoms with Crippen LogP contribution < -0.4 is 4.74 Å². The first-order valence-corrected chi connectivity index (χ1v) is 6.00. The molecule has 0 N–H and O–H groups in total. The average Bonchev–Trinajstić information content (AvgIpc) is 2.34. The van der Waals surface area contributed by atoms with Crippen molar-refractivity contribution in [1.29, 1.82) is 0 Å². The van der Waals surface area contributed by atoms with Crippen LogP contribution in [0.15, 0.2) is 24.3 Å². The van der Waals surface area contributed by atoms with Crippen molar-refractivity contribution in [3.8, 4) is 5.75 Å². The second kappa shape index (κ2) is 7.29. The molecule has 0 radical (unpaired) electrons. The van der Waals surface area contributed by atoms with Crippen LogP contribution in [0.2, 0.25) is 0 Å². The molecule has 1 unspecified atom stereocenters. The van der Waals surface area contributed by atoms with E-state index in [1.807, 2.05) is 24.3 Å². The van der Waals surface area contributed by atoms with Gasteiger partial charge in [0.05, 0.1) is 19.8 Å². The fourth-order valence-corrected chi connectivity index (χ4v) is 1.54. The van der Waals surface area contributed by atoms with Gasteiger partial charge in [-0.2, -0.15) is 0 Å². The Kier molecular flexibility index (Phi) is 5.94. The van der Waals surface area contributed by atoms with Gasteiger partial charge in [0, 0.05) is 0 Å². The van der Waals surface area contributed by atoms with Crippen LogP contribution in [0.4, 0.5) is 0 Å².